The summed E-state index contributed by atoms with van der Waals surface area (Å²) in [5.74, 6) is -1.51. The first-order valence-corrected chi connectivity index (χ1v) is 14.2. The van der Waals surface area contributed by atoms with Gasteiger partial charge in [-0.15, -0.1) is 0 Å². The highest BCUT2D eigenvalue weighted by Gasteiger charge is 2.70. The molecule has 4 aromatic carbocycles. The van der Waals surface area contributed by atoms with Gasteiger partial charge in [-0.1, -0.05) is 78.3 Å². The number of methoxy groups -OCH3 is 1. The highest BCUT2D eigenvalue weighted by molar-refractivity contribution is 6.34. The summed E-state index contributed by atoms with van der Waals surface area (Å²) in [7, 11) is 1.54. The lowest BCUT2D eigenvalue weighted by Gasteiger charge is -2.39. The van der Waals surface area contributed by atoms with Gasteiger partial charge in [-0.3, -0.25) is 14.4 Å². The van der Waals surface area contributed by atoms with Crippen LogP contribution < -0.4 is 15.0 Å². The van der Waals surface area contributed by atoms with E-state index in [2.05, 4.69) is 5.32 Å². The standard InChI is InChI=1S/C35H27ClN2O4/c1-20-18-29-35(25-14-5-7-16-27(25)37-34(35)41)30(32(39)21-10-9-11-22(19-21)42-2)31(33(40)24-13-3-6-15-26(24)36)38(29)28-17-8-4-12-23(20)28/h3-19,29-31H,1-2H3,(H,37,41)/t29-,30-,31+,35-/m0/s1. The third-order valence-electron chi connectivity index (χ3n) is 8.93. The number of hydrogen-bond donors (Lipinski definition) is 1. The number of carbonyl (C=O) groups excluding carboxylic acids is 3. The molecule has 42 heavy (non-hydrogen) atoms. The van der Waals surface area contributed by atoms with Crippen LogP contribution >= 0.6 is 11.6 Å². The molecule has 1 spiro atoms. The summed E-state index contributed by atoms with van der Waals surface area (Å²) < 4.78 is 5.44. The predicted molar refractivity (Wildman–Crippen MR) is 163 cm³/mol. The Labute approximate surface area is 248 Å². The van der Waals surface area contributed by atoms with E-state index in [1.165, 1.54) is 7.11 Å². The first kappa shape index (κ1) is 26.2. The minimum absolute atomic E-state index is 0.292. The SMILES string of the molecule is COc1cccc(C(=O)[C@@H]2[C@H](C(=O)c3ccccc3Cl)N3c4ccccc4C(C)=C[C@H]3[C@]23C(=O)Nc2ccccc23)c1. The summed E-state index contributed by atoms with van der Waals surface area (Å²) >= 11 is 6.61. The second-order valence-corrected chi connectivity index (χ2v) is 11.4. The quantitative estimate of drug-likeness (QED) is 0.272. The maximum Gasteiger partial charge on any atom is 0.238 e. The highest BCUT2D eigenvalue weighted by atomic mass is 35.5. The molecular formula is C35H27ClN2O4. The van der Waals surface area contributed by atoms with Crippen LogP contribution in [-0.4, -0.2) is 36.7 Å². The Morgan fingerprint density at radius 2 is 1.64 bits per heavy atom. The lowest BCUT2D eigenvalue weighted by Crippen LogP contribution is -2.51. The lowest BCUT2D eigenvalue weighted by molar-refractivity contribution is -0.121. The second kappa shape index (κ2) is 9.71. The van der Waals surface area contributed by atoms with Crippen LogP contribution in [0.2, 0.25) is 5.02 Å². The van der Waals surface area contributed by atoms with E-state index in [0.29, 0.717) is 33.1 Å². The molecule has 3 aliphatic heterocycles. The van der Waals surface area contributed by atoms with Gasteiger partial charge in [0, 0.05) is 28.1 Å². The molecule has 0 bridgehead atoms. The smallest absolute Gasteiger partial charge is 0.238 e. The molecular weight excluding hydrogens is 548 g/mol. The minimum Gasteiger partial charge on any atom is -0.497 e. The van der Waals surface area contributed by atoms with E-state index in [4.69, 9.17) is 16.3 Å². The first-order valence-electron chi connectivity index (χ1n) is 13.8. The number of amides is 1. The predicted octanol–water partition coefficient (Wildman–Crippen LogP) is 6.59. The number of Topliss-reactive ketones (excluding diaryl/α,β-unsaturated/α-hetero) is 2. The van der Waals surface area contributed by atoms with Crippen molar-refractivity contribution in [3.63, 3.8) is 0 Å². The number of ether oxygens (including phenoxy) is 1. The summed E-state index contributed by atoms with van der Waals surface area (Å²) in [5.41, 5.74) is 3.33. The van der Waals surface area contributed by atoms with Crippen molar-refractivity contribution in [1.29, 1.82) is 0 Å². The Morgan fingerprint density at radius 1 is 0.905 bits per heavy atom. The number of carbonyl (C=O) groups is 3. The molecule has 0 aromatic heterocycles. The van der Waals surface area contributed by atoms with E-state index in [-0.39, 0.29) is 17.5 Å². The van der Waals surface area contributed by atoms with Gasteiger partial charge in [0.05, 0.1) is 24.1 Å². The summed E-state index contributed by atoms with van der Waals surface area (Å²) in [6, 6.07) is 27.4. The number of allylic oxidation sites excluding steroid dienone is 1. The van der Waals surface area contributed by atoms with Crippen LogP contribution in [-0.2, 0) is 10.2 Å². The van der Waals surface area contributed by atoms with E-state index >= 15 is 0 Å². The van der Waals surface area contributed by atoms with Crippen LogP contribution in [0, 0.1) is 5.92 Å². The highest BCUT2D eigenvalue weighted by Crippen LogP contribution is 2.59. The average Bonchev–Trinajstić information content (AvgIpc) is 3.49. The van der Waals surface area contributed by atoms with Gasteiger partial charge in [0.1, 0.15) is 17.2 Å². The van der Waals surface area contributed by atoms with Crippen molar-refractivity contribution < 1.29 is 19.1 Å². The van der Waals surface area contributed by atoms with E-state index in [1.807, 2.05) is 66.4 Å². The second-order valence-electron chi connectivity index (χ2n) is 11.0. The molecule has 208 valence electrons. The molecule has 4 atom stereocenters. The Bertz CT molecular complexity index is 1830. The van der Waals surface area contributed by atoms with E-state index < -0.39 is 23.4 Å². The molecule has 1 fully saturated rings. The molecule has 3 heterocycles. The van der Waals surface area contributed by atoms with Crippen molar-refractivity contribution in [1.82, 2.24) is 0 Å². The molecule has 0 unspecified atom stereocenters. The normalized spacial score (nSPS) is 23.5. The molecule has 0 radical (unpaired) electrons. The fraction of sp³-hybridized carbons (Fsp3) is 0.171. The number of nitrogens with one attached hydrogen (secondary N) is 1. The maximum atomic E-state index is 14.9. The zero-order valence-electron chi connectivity index (χ0n) is 23.0. The largest absolute Gasteiger partial charge is 0.497 e. The van der Waals surface area contributed by atoms with E-state index in [0.717, 1.165) is 16.8 Å². The zero-order valence-corrected chi connectivity index (χ0v) is 23.8. The molecule has 1 saturated heterocycles. The molecule has 4 aromatic rings. The first-order chi connectivity index (χ1) is 20.4. The van der Waals surface area contributed by atoms with Crippen LogP contribution in [0.5, 0.6) is 5.75 Å². The molecule has 0 saturated carbocycles. The van der Waals surface area contributed by atoms with Gasteiger partial charge >= 0.3 is 0 Å². The third kappa shape index (κ3) is 3.55. The molecule has 1 N–H and O–H groups in total. The van der Waals surface area contributed by atoms with E-state index in [1.54, 1.807) is 48.5 Å². The Balaban J connectivity index is 1.56. The van der Waals surface area contributed by atoms with Crippen molar-refractivity contribution in [2.45, 2.75) is 24.4 Å². The third-order valence-corrected chi connectivity index (χ3v) is 9.26. The lowest BCUT2D eigenvalue weighted by atomic mass is 9.64. The van der Waals surface area contributed by atoms with Gasteiger partial charge < -0.3 is 15.0 Å². The van der Waals surface area contributed by atoms with Crippen molar-refractivity contribution >= 4 is 46.0 Å². The molecule has 7 rings (SSSR count). The number of anilines is 2. The number of benzene rings is 4. The minimum atomic E-state index is -1.40. The Morgan fingerprint density at radius 3 is 2.45 bits per heavy atom. The van der Waals surface area contributed by atoms with E-state index in [9.17, 15) is 14.4 Å². The number of nitrogens with zero attached hydrogens (tertiary/aromatic N) is 1. The monoisotopic (exact) mass is 574 g/mol. The molecule has 0 aliphatic carbocycles. The van der Waals surface area contributed by atoms with Gasteiger partial charge in [-0.25, -0.2) is 0 Å². The van der Waals surface area contributed by atoms with Crippen LogP contribution in [0.1, 0.15) is 38.8 Å². The summed E-state index contributed by atoms with van der Waals surface area (Å²) in [6.07, 6.45) is 2.04. The number of hydrogen-bond acceptors (Lipinski definition) is 5. The zero-order chi connectivity index (χ0) is 29.2. The van der Waals surface area contributed by atoms with Crippen LogP contribution in [0.15, 0.2) is 103 Å². The van der Waals surface area contributed by atoms with Gasteiger partial charge in [0.15, 0.2) is 11.6 Å². The van der Waals surface area contributed by atoms with Crippen molar-refractivity contribution in [3.05, 3.63) is 130 Å². The van der Waals surface area contributed by atoms with Gasteiger partial charge in [-0.05, 0) is 54.5 Å². The molecule has 6 nitrogen and oxygen atoms in total. The summed E-state index contributed by atoms with van der Waals surface area (Å²) in [5, 5.41) is 3.35. The number of rotatable bonds is 5. The molecule has 1 amide bonds. The topological polar surface area (TPSA) is 75.7 Å². The van der Waals surface area contributed by atoms with Crippen LogP contribution in [0.3, 0.4) is 0 Å². The number of fused-ring (bicyclic) bond motifs is 6. The van der Waals surface area contributed by atoms with Gasteiger partial charge in [0.2, 0.25) is 5.91 Å². The van der Waals surface area contributed by atoms with Gasteiger partial charge in [-0.2, -0.15) is 0 Å². The van der Waals surface area contributed by atoms with Gasteiger partial charge in [0.25, 0.3) is 0 Å². The van der Waals surface area contributed by atoms with Crippen LogP contribution in [0.25, 0.3) is 5.57 Å². The average molecular weight is 575 g/mol. The fourth-order valence-corrected chi connectivity index (χ4v) is 7.39. The molecule has 7 heteroatoms. The Kier molecular flexibility index (Phi) is 6.06. The number of halogens is 1. The van der Waals surface area contributed by atoms with Crippen LogP contribution in [0.4, 0.5) is 11.4 Å². The molecule has 3 aliphatic rings. The van der Waals surface area contributed by atoms with Crippen molar-refractivity contribution in [3.8, 4) is 5.75 Å². The maximum absolute atomic E-state index is 14.9. The van der Waals surface area contributed by atoms with Crippen molar-refractivity contribution in [2.75, 3.05) is 17.3 Å². The number of para-hydroxylation sites is 2. The fourth-order valence-electron chi connectivity index (χ4n) is 7.16. The summed E-state index contributed by atoms with van der Waals surface area (Å²) in [6.45, 7) is 2.00. The van der Waals surface area contributed by atoms with Crippen molar-refractivity contribution in [2.24, 2.45) is 5.92 Å². The summed E-state index contributed by atoms with van der Waals surface area (Å²) in [4.78, 5) is 46.2. The number of ketones is 2. The Hall–Kier alpha value is -4.68.